The topological polar surface area (TPSA) is 32.7 Å². The van der Waals surface area contributed by atoms with Crippen molar-refractivity contribution in [1.29, 1.82) is 0 Å². The number of hydrogen-bond acceptors (Lipinski definition) is 3. The lowest BCUT2D eigenvalue weighted by atomic mass is 9.87. The van der Waals surface area contributed by atoms with Crippen LogP contribution in [0.4, 0.5) is 4.39 Å². The average molecular weight is 265 g/mol. The molecule has 0 aliphatic carbocycles. The van der Waals surface area contributed by atoms with Crippen molar-refractivity contribution in [2.75, 3.05) is 19.6 Å². The van der Waals surface area contributed by atoms with Gasteiger partial charge in [0.1, 0.15) is 17.2 Å². The van der Waals surface area contributed by atoms with Gasteiger partial charge in [-0.15, -0.1) is 0 Å². The number of benzene rings is 1. The molecule has 2 heterocycles. The molecule has 4 heteroatoms. The summed E-state index contributed by atoms with van der Waals surface area (Å²) in [6.45, 7) is 4.40. The molecule has 2 aliphatic rings. The van der Waals surface area contributed by atoms with Crippen molar-refractivity contribution in [3.05, 3.63) is 29.6 Å². The van der Waals surface area contributed by atoms with Gasteiger partial charge < -0.3 is 14.7 Å². The van der Waals surface area contributed by atoms with E-state index in [0.717, 1.165) is 50.2 Å². The van der Waals surface area contributed by atoms with Crippen LogP contribution in [0.25, 0.3) is 0 Å². The summed E-state index contributed by atoms with van der Waals surface area (Å²) in [6, 6.07) is 4.79. The van der Waals surface area contributed by atoms with Crippen molar-refractivity contribution >= 4 is 0 Å². The molecular formula is C15H20FNO2. The number of ether oxygens (including phenoxy) is 1. The largest absolute Gasteiger partial charge is 0.487 e. The summed E-state index contributed by atoms with van der Waals surface area (Å²) in [7, 11) is 0. The summed E-state index contributed by atoms with van der Waals surface area (Å²) < 4.78 is 19.3. The summed E-state index contributed by atoms with van der Waals surface area (Å²) in [5, 5.41) is 9.42. The fourth-order valence-corrected chi connectivity index (χ4v) is 3.20. The molecule has 104 valence electrons. The van der Waals surface area contributed by atoms with Crippen molar-refractivity contribution < 1.29 is 14.2 Å². The lowest BCUT2D eigenvalue weighted by molar-refractivity contribution is 0.00697. The highest BCUT2D eigenvalue weighted by atomic mass is 19.1. The van der Waals surface area contributed by atoms with Gasteiger partial charge in [-0.3, -0.25) is 0 Å². The van der Waals surface area contributed by atoms with Gasteiger partial charge in [0.25, 0.3) is 0 Å². The second-order valence-corrected chi connectivity index (χ2v) is 5.86. The molecule has 1 fully saturated rings. The second kappa shape index (κ2) is 4.76. The number of β-amino-alcohol motifs (C(OH)–C–C–N with tert-alkyl or cyclic N) is 1. The van der Waals surface area contributed by atoms with E-state index >= 15 is 0 Å². The van der Waals surface area contributed by atoms with Crippen molar-refractivity contribution in [2.45, 2.75) is 37.9 Å². The molecule has 19 heavy (non-hydrogen) atoms. The number of piperidine rings is 1. The molecule has 1 aromatic rings. The lowest BCUT2D eigenvalue weighted by Crippen LogP contribution is -2.48. The average Bonchev–Trinajstić information content (AvgIpc) is 2.69. The standard InChI is InChI=1S/C15H20FNO2/c1-11(18)10-17-6-4-15(5-7-17)9-12-8-13(16)2-3-14(12)19-15/h2-3,8,11,18H,4-7,9-10H2,1H3/t11-/m0/s1. The van der Waals surface area contributed by atoms with E-state index in [1.54, 1.807) is 12.1 Å². The van der Waals surface area contributed by atoms with Crippen molar-refractivity contribution in [2.24, 2.45) is 0 Å². The minimum Gasteiger partial charge on any atom is -0.487 e. The first-order chi connectivity index (χ1) is 9.06. The molecule has 0 amide bonds. The number of hydrogen-bond donors (Lipinski definition) is 1. The van der Waals surface area contributed by atoms with Gasteiger partial charge in [0.05, 0.1) is 6.10 Å². The Hall–Kier alpha value is -1.13. The highest BCUT2D eigenvalue weighted by Crippen LogP contribution is 2.41. The van der Waals surface area contributed by atoms with Gasteiger partial charge in [-0.2, -0.15) is 0 Å². The van der Waals surface area contributed by atoms with Crippen LogP contribution >= 0.6 is 0 Å². The fourth-order valence-electron chi connectivity index (χ4n) is 3.20. The molecule has 3 nitrogen and oxygen atoms in total. The molecule has 0 aromatic heterocycles. The van der Waals surface area contributed by atoms with Crippen molar-refractivity contribution in [3.63, 3.8) is 0 Å². The summed E-state index contributed by atoms with van der Waals surface area (Å²) in [6.07, 6.45) is 2.40. The third-order valence-corrected chi connectivity index (χ3v) is 4.15. The maximum Gasteiger partial charge on any atom is 0.123 e. The number of aliphatic hydroxyl groups is 1. The summed E-state index contributed by atoms with van der Waals surface area (Å²) in [4.78, 5) is 2.27. The van der Waals surface area contributed by atoms with E-state index in [9.17, 15) is 9.50 Å². The summed E-state index contributed by atoms with van der Waals surface area (Å²) >= 11 is 0. The van der Waals surface area contributed by atoms with Gasteiger partial charge in [0.2, 0.25) is 0 Å². The molecule has 1 atom stereocenters. The van der Waals surface area contributed by atoms with E-state index in [0.29, 0.717) is 0 Å². The number of likely N-dealkylation sites (tertiary alicyclic amines) is 1. The van der Waals surface area contributed by atoms with Crippen LogP contribution < -0.4 is 4.74 Å². The Kier molecular flexibility index (Phi) is 3.23. The number of aliphatic hydroxyl groups excluding tert-OH is 1. The van der Waals surface area contributed by atoms with E-state index in [1.807, 2.05) is 6.92 Å². The highest BCUT2D eigenvalue weighted by Gasteiger charge is 2.42. The predicted molar refractivity (Wildman–Crippen MR) is 70.8 cm³/mol. The highest BCUT2D eigenvalue weighted by molar-refractivity contribution is 5.39. The van der Waals surface area contributed by atoms with Crippen LogP contribution in [0.2, 0.25) is 0 Å². The number of rotatable bonds is 2. The van der Waals surface area contributed by atoms with Crippen LogP contribution in [-0.4, -0.2) is 41.3 Å². The Balaban J connectivity index is 1.66. The van der Waals surface area contributed by atoms with E-state index < -0.39 is 0 Å². The maximum atomic E-state index is 13.2. The molecular weight excluding hydrogens is 245 g/mol. The zero-order valence-electron chi connectivity index (χ0n) is 11.2. The van der Waals surface area contributed by atoms with Crippen LogP contribution in [0.1, 0.15) is 25.3 Å². The van der Waals surface area contributed by atoms with E-state index in [2.05, 4.69) is 4.90 Å². The molecule has 0 bridgehead atoms. The predicted octanol–water partition coefficient (Wildman–Crippen LogP) is 1.98. The molecule has 0 saturated carbocycles. The Labute approximate surface area is 113 Å². The van der Waals surface area contributed by atoms with Crippen LogP contribution in [0.5, 0.6) is 5.75 Å². The number of fused-ring (bicyclic) bond motifs is 1. The normalized spacial score (nSPS) is 23.1. The third-order valence-electron chi connectivity index (χ3n) is 4.15. The second-order valence-electron chi connectivity index (χ2n) is 5.86. The van der Waals surface area contributed by atoms with Gasteiger partial charge in [-0.1, -0.05) is 0 Å². The van der Waals surface area contributed by atoms with E-state index in [-0.39, 0.29) is 17.5 Å². The van der Waals surface area contributed by atoms with Gasteiger partial charge in [-0.05, 0) is 25.1 Å². The number of nitrogens with zero attached hydrogens (tertiary/aromatic N) is 1. The zero-order valence-corrected chi connectivity index (χ0v) is 11.2. The quantitative estimate of drug-likeness (QED) is 0.887. The molecule has 0 radical (unpaired) electrons. The Morgan fingerprint density at radius 1 is 1.42 bits per heavy atom. The van der Waals surface area contributed by atoms with Crippen molar-refractivity contribution in [1.82, 2.24) is 4.90 Å². The monoisotopic (exact) mass is 265 g/mol. The Morgan fingerprint density at radius 3 is 2.84 bits per heavy atom. The minimum absolute atomic E-state index is 0.147. The number of halogens is 1. The van der Waals surface area contributed by atoms with Crippen LogP contribution in [-0.2, 0) is 6.42 Å². The smallest absolute Gasteiger partial charge is 0.123 e. The first-order valence-electron chi connectivity index (χ1n) is 6.94. The Morgan fingerprint density at radius 2 is 2.16 bits per heavy atom. The molecule has 1 aromatic carbocycles. The molecule has 1 spiro atoms. The van der Waals surface area contributed by atoms with Gasteiger partial charge in [0.15, 0.2) is 0 Å². The Bertz CT molecular complexity index is 467. The van der Waals surface area contributed by atoms with Gasteiger partial charge in [0, 0.05) is 44.5 Å². The zero-order chi connectivity index (χ0) is 13.5. The fraction of sp³-hybridized carbons (Fsp3) is 0.600. The summed E-state index contributed by atoms with van der Waals surface area (Å²) in [5.74, 6) is 0.649. The van der Waals surface area contributed by atoms with Gasteiger partial charge >= 0.3 is 0 Å². The molecule has 3 rings (SSSR count). The molecule has 1 saturated heterocycles. The first kappa shape index (κ1) is 12.9. The summed E-state index contributed by atoms with van der Waals surface area (Å²) in [5.41, 5.74) is 0.842. The van der Waals surface area contributed by atoms with Gasteiger partial charge in [-0.25, -0.2) is 4.39 Å². The SMILES string of the molecule is C[C@H](O)CN1CCC2(CC1)Cc1cc(F)ccc1O2. The molecule has 2 aliphatic heterocycles. The van der Waals surface area contributed by atoms with Crippen LogP contribution in [0.15, 0.2) is 18.2 Å². The lowest BCUT2D eigenvalue weighted by Gasteiger charge is -2.39. The van der Waals surface area contributed by atoms with Crippen molar-refractivity contribution in [3.8, 4) is 5.75 Å². The first-order valence-corrected chi connectivity index (χ1v) is 6.94. The van der Waals surface area contributed by atoms with E-state index in [1.165, 1.54) is 6.07 Å². The van der Waals surface area contributed by atoms with Crippen LogP contribution in [0, 0.1) is 5.82 Å². The molecule has 0 unspecified atom stereocenters. The maximum absolute atomic E-state index is 13.2. The minimum atomic E-state index is -0.287. The van der Waals surface area contributed by atoms with Crippen LogP contribution in [0.3, 0.4) is 0 Å². The third kappa shape index (κ3) is 2.60. The van der Waals surface area contributed by atoms with E-state index in [4.69, 9.17) is 4.74 Å². The molecule has 1 N–H and O–H groups in total.